The number of halogens is 1. The molecule has 328 valence electrons. The quantitative estimate of drug-likeness (QED) is 0.0387. The zero-order chi connectivity index (χ0) is 40.5. The number of unbranched alkanes of at least 4 members (excludes halogenated alkanes) is 20. The number of hydrogen-bond donors (Lipinski definition) is 2. The highest BCUT2D eigenvalue weighted by atomic mass is 127. The fourth-order valence-corrected chi connectivity index (χ4v) is 9.20. The minimum absolute atomic E-state index is 0. The fourth-order valence-electron chi connectivity index (χ4n) is 9.20. The summed E-state index contributed by atoms with van der Waals surface area (Å²) < 4.78 is 2.34. The first-order valence-electron chi connectivity index (χ1n) is 23.9. The van der Waals surface area contributed by atoms with Crippen molar-refractivity contribution in [2.75, 3.05) is 88.7 Å². The number of rotatable bonds is 28. The highest BCUT2D eigenvalue weighted by Crippen LogP contribution is 2.28. The molecule has 2 heterocycles. The topological polar surface area (TPSA) is 58.5 Å². The lowest BCUT2D eigenvalue weighted by atomic mass is 10.0. The van der Waals surface area contributed by atoms with Crippen LogP contribution in [0.2, 0.25) is 0 Å². The van der Waals surface area contributed by atoms with Crippen LogP contribution in [0.15, 0.2) is 48.5 Å². The summed E-state index contributed by atoms with van der Waals surface area (Å²) in [7, 11) is 9.75. The molecule has 7 heteroatoms. The van der Waals surface area contributed by atoms with Gasteiger partial charge >= 0.3 is 0 Å². The van der Waals surface area contributed by atoms with Crippen LogP contribution >= 0.6 is 24.0 Å². The smallest absolute Gasteiger partial charge is 0.108 e. The Labute approximate surface area is 371 Å². The van der Waals surface area contributed by atoms with E-state index in [1.807, 2.05) is 24.3 Å². The van der Waals surface area contributed by atoms with Gasteiger partial charge in [0.2, 0.25) is 0 Å². The first-order valence-corrected chi connectivity index (χ1v) is 23.9. The van der Waals surface area contributed by atoms with E-state index in [9.17, 15) is 0 Å². The molecule has 2 aromatic carbocycles. The highest BCUT2D eigenvalue weighted by molar-refractivity contribution is 14.0. The van der Waals surface area contributed by atoms with Crippen molar-refractivity contribution < 1.29 is 8.97 Å². The van der Waals surface area contributed by atoms with Gasteiger partial charge in [-0.25, -0.2) is 0 Å². The first kappa shape index (κ1) is 51.4. The molecule has 0 bridgehead atoms. The van der Waals surface area contributed by atoms with Crippen LogP contribution in [0.1, 0.15) is 168 Å². The molecule has 57 heavy (non-hydrogen) atoms. The monoisotopic (exact) mass is 905 g/mol. The Morgan fingerprint density at radius 2 is 0.702 bits per heavy atom. The van der Waals surface area contributed by atoms with Gasteiger partial charge in [0.1, 0.15) is 12.1 Å². The average Bonchev–Trinajstić information content (AvgIpc) is 3.90. The van der Waals surface area contributed by atoms with Gasteiger partial charge in [0.15, 0.2) is 0 Å². The van der Waals surface area contributed by atoms with E-state index in [-0.39, 0.29) is 24.0 Å². The second kappa shape index (κ2) is 29.5. The molecule has 2 fully saturated rings. The number of benzene rings is 2. The zero-order valence-corrected chi connectivity index (χ0v) is 40.7. The molecule has 2 unspecified atom stereocenters. The lowest BCUT2D eigenvalue weighted by Crippen LogP contribution is -2.50. The number of hydrogen-bond acceptors (Lipinski definition) is 4. The second-order valence-electron chi connectivity index (χ2n) is 19.0. The van der Waals surface area contributed by atoms with E-state index in [1.54, 1.807) is 0 Å². The van der Waals surface area contributed by atoms with E-state index in [4.69, 9.17) is 11.5 Å². The Hall–Kier alpha value is -1.71. The first-order chi connectivity index (χ1) is 27.1. The van der Waals surface area contributed by atoms with E-state index in [0.717, 1.165) is 23.5 Å². The Balaban J connectivity index is 0.000000395. The molecule has 2 aliphatic rings. The summed E-state index contributed by atoms with van der Waals surface area (Å²) in [5.41, 5.74) is 16.0. The molecular weight excluding hydrogens is 811 g/mol. The second-order valence-corrected chi connectivity index (χ2v) is 19.0. The molecule has 0 saturated carbocycles. The Morgan fingerprint density at radius 3 is 0.982 bits per heavy atom. The van der Waals surface area contributed by atoms with Gasteiger partial charge in [-0.2, -0.15) is 0 Å². The lowest BCUT2D eigenvalue weighted by molar-refractivity contribution is -0.912. The largest absolute Gasteiger partial charge is 0.399 e. The van der Waals surface area contributed by atoms with E-state index < -0.39 is 0 Å². The van der Waals surface area contributed by atoms with Crippen molar-refractivity contribution in [1.29, 1.82) is 0 Å². The van der Waals surface area contributed by atoms with E-state index in [0.29, 0.717) is 0 Å². The fraction of sp³-hybridized carbons (Fsp3) is 0.760. The predicted octanol–water partition coefficient (Wildman–Crippen LogP) is 13.1. The number of anilines is 4. The van der Waals surface area contributed by atoms with Crippen molar-refractivity contribution >= 4 is 46.7 Å². The van der Waals surface area contributed by atoms with Gasteiger partial charge in [-0.15, -0.1) is 24.0 Å². The molecule has 0 amide bonds. The minimum Gasteiger partial charge on any atom is -0.399 e. The Kier molecular flexibility index (Phi) is 26.6. The Morgan fingerprint density at radius 1 is 0.439 bits per heavy atom. The molecule has 4 rings (SSSR count). The van der Waals surface area contributed by atoms with Crippen LogP contribution in [0.25, 0.3) is 0 Å². The lowest BCUT2D eigenvalue weighted by Gasteiger charge is -2.36. The predicted molar refractivity (Wildman–Crippen MR) is 265 cm³/mol. The standard InChI is InChI=1S/C28H52N3.C22H40N3.HI/c1-4-5-6-7-8-9-10-11-12-13-14-15-16-17-24-31(2,3)28-22-23-30(25-28)27-20-18-26(29)19-21-27;1-4-5-6-7-8-9-10-11-18-25(2,3)22-16-17-24(19-22)21-14-12-20(23)13-15-21;/h18-21,28H,4-17,22-25,29H2,1-3H3;12-15,22H,4-11,16-19,23H2,1-3H3;1H/q2*+1;. The molecule has 2 saturated heterocycles. The summed E-state index contributed by atoms with van der Waals surface area (Å²) in [5, 5.41) is 0. The number of nitrogens with zero attached hydrogens (tertiary/aromatic N) is 4. The van der Waals surface area contributed by atoms with E-state index in [1.165, 1.54) is 214 Å². The number of nitrogen functional groups attached to an aromatic ring is 2. The number of likely N-dealkylation sites (N-methyl/N-ethyl adjacent to an activating group) is 2. The Bertz CT molecular complexity index is 1250. The normalized spacial score (nSPS) is 17.1. The summed E-state index contributed by atoms with van der Waals surface area (Å²) in [6.45, 7) is 11.9. The van der Waals surface area contributed by atoms with E-state index in [2.05, 4.69) is 76.1 Å². The summed E-state index contributed by atoms with van der Waals surface area (Å²) >= 11 is 0. The summed E-state index contributed by atoms with van der Waals surface area (Å²) in [4.78, 5) is 5.06. The van der Waals surface area contributed by atoms with Gasteiger partial charge in [0.05, 0.1) is 54.4 Å². The summed E-state index contributed by atoms with van der Waals surface area (Å²) in [6, 6.07) is 18.3. The minimum atomic E-state index is 0. The molecule has 2 atom stereocenters. The number of quaternary nitrogens is 2. The van der Waals surface area contributed by atoms with Crippen molar-refractivity contribution in [2.45, 2.75) is 180 Å². The van der Waals surface area contributed by atoms with Crippen LogP contribution in [-0.4, -0.2) is 88.5 Å². The third-order valence-corrected chi connectivity index (χ3v) is 13.5. The summed E-state index contributed by atoms with van der Waals surface area (Å²) in [5.74, 6) is 0. The van der Waals surface area contributed by atoms with Crippen molar-refractivity contribution in [3.05, 3.63) is 48.5 Å². The van der Waals surface area contributed by atoms with Gasteiger partial charge < -0.3 is 30.2 Å². The van der Waals surface area contributed by atoms with E-state index >= 15 is 0 Å². The van der Waals surface area contributed by atoms with Gasteiger partial charge in [-0.1, -0.05) is 129 Å². The molecule has 6 nitrogen and oxygen atoms in total. The zero-order valence-electron chi connectivity index (χ0n) is 38.3. The van der Waals surface area contributed by atoms with Crippen LogP contribution in [0.3, 0.4) is 0 Å². The summed E-state index contributed by atoms with van der Waals surface area (Å²) in [6.07, 6.45) is 34.0. The van der Waals surface area contributed by atoms with Crippen LogP contribution in [0, 0.1) is 0 Å². The van der Waals surface area contributed by atoms with Gasteiger partial charge in [-0.05, 0) is 74.2 Å². The van der Waals surface area contributed by atoms with Crippen molar-refractivity contribution in [3.63, 3.8) is 0 Å². The van der Waals surface area contributed by atoms with Crippen LogP contribution < -0.4 is 21.3 Å². The third kappa shape index (κ3) is 20.9. The number of nitrogens with two attached hydrogens (primary N) is 2. The third-order valence-electron chi connectivity index (χ3n) is 13.5. The average molecular weight is 905 g/mol. The molecule has 0 aromatic heterocycles. The van der Waals surface area contributed by atoms with Crippen LogP contribution in [0.5, 0.6) is 0 Å². The van der Waals surface area contributed by atoms with Gasteiger partial charge in [0, 0.05) is 48.7 Å². The molecule has 2 aromatic rings. The van der Waals surface area contributed by atoms with Crippen molar-refractivity contribution in [2.24, 2.45) is 0 Å². The molecule has 0 aliphatic carbocycles. The highest BCUT2D eigenvalue weighted by Gasteiger charge is 2.36. The maximum absolute atomic E-state index is 5.84. The van der Waals surface area contributed by atoms with Crippen molar-refractivity contribution in [3.8, 4) is 0 Å². The molecular formula is C50H93IN6+2. The SMILES string of the molecule is CCCCCCCCCCCCCCCC[N+](C)(C)C1CCN(c2ccc(N)cc2)C1.CCCCCCCCCC[N+](C)(C)C1CCN(c2ccc(N)cc2)C1.I. The molecule has 0 spiro atoms. The molecule has 2 aliphatic heterocycles. The maximum Gasteiger partial charge on any atom is 0.108 e. The molecule has 4 N–H and O–H groups in total. The maximum atomic E-state index is 5.84. The van der Waals surface area contributed by atoms with Crippen LogP contribution in [0.4, 0.5) is 22.7 Å². The molecule has 0 radical (unpaired) electrons. The van der Waals surface area contributed by atoms with Gasteiger partial charge in [0.25, 0.3) is 0 Å². The van der Waals surface area contributed by atoms with Crippen molar-refractivity contribution in [1.82, 2.24) is 0 Å². The van der Waals surface area contributed by atoms with Gasteiger partial charge in [-0.3, -0.25) is 0 Å². The van der Waals surface area contributed by atoms with Crippen LogP contribution in [-0.2, 0) is 0 Å².